The van der Waals surface area contributed by atoms with Gasteiger partial charge < -0.3 is 4.98 Å². The number of nitrogens with zero attached hydrogens (tertiary/aromatic N) is 1. The van der Waals surface area contributed by atoms with Crippen LogP contribution in [0.3, 0.4) is 0 Å². The van der Waals surface area contributed by atoms with Crippen LogP contribution in [0.4, 0.5) is 0 Å². The lowest BCUT2D eigenvalue weighted by molar-refractivity contribution is 0.427. The van der Waals surface area contributed by atoms with Crippen molar-refractivity contribution in [2.24, 2.45) is 0 Å². The third-order valence-corrected chi connectivity index (χ3v) is 4.96. The van der Waals surface area contributed by atoms with Crippen LogP contribution in [0.5, 0.6) is 0 Å². The van der Waals surface area contributed by atoms with Crippen LogP contribution in [0, 0.1) is 0 Å². The van der Waals surface area contributed by atoms with Crippen molar-refractivity contribution < 1.29 is 8.42 Å². The monoisotopic (exact) mass is 266 g/mol. The molecule has 2 rings (SSSR count). The first-order valence-electron chi connectivity index (χ1n) is 6.17. The van der Waals surface area contributed by atoms with Crippen molar-refractivity contribution in [2.75, 3.05) is 13.1 Å². The number of sulfonamides is 1. The molecule has 18 heavy (non-hydrogen) atoms. The molecule has 98 valence electrons. The van der Waals surface area contributed by atoms with Gasteiger partial charge in [0.1, 0.15) is 0 Å². The predicted molar refractivity (Wildman–Crippen MR) is 73.0 cm³/mol. The minimum Gasteiger partial charge on any atom is -0.361 e. The molecule has 1 aromatic carbocycles. The maximum absolute atomic E-state index is 12.4. The Kier molecular flexibility index (Phi) is 3.73. The van der Waals surface area contributed by atoms with E-state index >= 15 is 0 Å². The van der Waals surface area contributed by atoms with Crippen LogP contribution in [0.15, 0.2) is 35.4 Å². The first kappa shape index (κ1) is 13.1. The van der Waals surface area contributed by atoms with Gasteiger partial charge in [-0.15, -0.1) is 0 Å². The highest BCUT2D eigenvalue weighted by molar-refractivity contribution is 7.89. The molecule has 0 bridgehead atoms. The van der Waals surface area contributed by atoms with Crippen LogP contribution < -0.4 is 0 Å². The lowest BCUT2D eigenvalue weighted by Crippen LogP contribution is -2.31. The fraction of sp³-hybridized carbons (Fsp3) is 0.385. The maximum Gasteiger partial charge on any atom is 0.243 e. The van der Waals surface area contributed by atoms with E-state index in [0.29, 0.717) is 18.0 Å². The van der Waals surface area contributed by atoms with Gasteiger partial charge in [0.05, 0.1) is 4.90 Å². The molecule has 0 radical (unpaired) electrons. The Hall–Kier alpha value is -1.33. The number of aromatic amines is 1. The minimum absolute atomic E-state index is 0.366. The van der Waals surface area contributed by atoms with Gasteiger partial charge in [-0.05, 0) is 30.7 Å². The highest BCUT2D eigenvalue weighted by Crippen LogP contribution is 2.21. The quantitative estimate of drug-likeness (QED) is 0.904. The highest BCUT2D eigenvalue weighted by Gasteiger charge is 2.22. The van der Waals surface area contributed by atoms with Gasteiger partial charge in [-0.3, -0.25) is 0 Å². The van der Waals surface area contributed by atoms with Crippen molar-refractivity contribution >= 4 is 20.9 Å². The number of nitrogens with one attached hydrogen (secondary N) is 1. The maximum atomic E-state index is 12.4. The number of benzene rings is 1. The normalized spacial score (nSPS) is 12.4. The lowest BCUT2D eigenvalue weighted by Gasteiger charge is -2.19. The molecule has 0 unspecified atom stereocenters. The number of hydrogen-bond acceptors (Lipinski definition) is 2. The topological polar surface area (TPSA) is 53.2 Å². The zero-order valence-electron chi connectivity index (χ0n) is 10.7. The van der Waals surface area contributed by atoms with Crippen molar-refractivity contribution in [3.8, 4) is 0 Å². The van der Waals surface area contributed by atoms with Gasteiger partial charge in [0, 0.05) is 30.2 Å². The summed E-state index contributed by atoms with van der Waals surface area (Å²) in [5.41, 5.74) is 0.951. The van der Waals surface area contributed by atoms with E-state index in [4.69, 9.17) is 0 Å². The summed E-state index contributed by atoms with van der Waals surface area (Å²) in [6, 6.07) is 7.07. The summed E-state index contributed by atoms with van der Waals surface area (Å²) < 4.78 is 26.4. The van der Waals surface area contributed by atoms with Crippen LogP contribution in [0.2, 0.25) is 0 Å². The van der Waals surface area contributed by atoms with E-state index in [9.17, 15) is 8.42 Å². The largest absolute Gasteiger partial charge is 0.361 e. The van der Waals surface area contributed by atoms with Crippen LogP contribution in [-0.2, 0) is 10.0 Å². The average Bonchev–Trinajstić information content (AvgIpc) is 2.82. The zero-order chi connectivity index (χ0) is 13.2. The molecule has 0 amide bonds. The predicted octanol–water partition coefficient (Wildman–Crippen LogP) is 2.59. The van der Waals surface area contributed by atoms with Gasteiger partial charge in [-0.25, -0.2) is 8.42 Å². The standard InChI is InChI=1S/C13H18N2O2S/c1-3-9-15(4-2)18(16,17)12-5-6-13-11(10-12)7-8-14-13/h5-8,10,14H,3-4,9H2,1-2H3. The molecular formula is C13H18N2O2S. The Balaban J connectivity index is 2.44. The van der Waals surface area contributed by atoms with Crippen LogP contribution in [-0.4, -0.2) is 30.8 Å². The molecular weight excluding hydrogens is 248 g/mol. The van der Waals surface area contributed by atoms with E-state index in [0.717, 1.165) is 17.3 Å². The van der Waals surface area contributed by atoms with Crippen molar-refractivity contribution in [1.82, 2.24) is 9.29 Å². The smallest absolute Gasteiger partial charge is 0.243 e. The molecule has 0 saturated heterocycles. The molecule has 0 aliphatic rings. The molecule has 0 atom stereocenters. The number of hydrogen-bond donors (Lipinski definition) is 1. The van der Waals surface area contributed by atoms with Crippen molar-refractivity contribution in [2.45, 2.75) is 25.2 Å². The van der Waals surface area contributed by atoms with E-state index in [1.54, 1.807) is 12.1 Å². The van der Waals surface area contributed by atoms with E-state index in [2.05, 4.69) is 4.98 Å². The molecule has 0 aliphatic carbocycles. The third-order valence-electron chi connectivity index (χ3n) is 2.99. The Bertz CT molecular complexity index is 631. The minimum atomic E-state index is -3.36. The highest BCUT2D eigenvalue weighted by atomic mass is 32.2. The summed E-state index contributed by atoms with van der Waals surface area (Å²) in [7, 11) is -3.36. The second-order valence-corrected chi connectivity index (χ2v) is 6.16. The van der Waals surface area contributed by atoms with E-state index in [1.807, 2.05) is 32.2 Å². The molecule has 0 spiro atoms. The van der Waals surface area contributed by atoms with Crippen LogP contribution in [0.25, 0.3) is 10.9 Å². The van der Waals surface area contributed by atoms with Gasteiger partial charge in [0.25, 0.3) is 0 Å². The second-order valence-electron chi connectivity index (χ2n) is 4.22. The Labute approximate surface area is 108 Å². The van der Waals surface area contributed by atoms with Crippen molar-refractivity contribution in [3.63, 3.8) is 0 Å². The molecule has 4 nitrogen and oxygen atoms in total. The summed E-state index contributed by atoms with van der Waals surface area (Å²) in [6.45, 7) is 4.90. The average molecular weight is 266 g/mol. The van der Waals surface area contributed by atoms with Gasteiger partial charge in [-0.2, -0.15) is 4.31 Å². The first-order chi connectivity index (χ1) is 8.59. The van der Waals surface area contributed by atoms with Crippen molar-refractivity contribution in [3.05, 3.63) is 30.5 Å². The van der Waals surface area contributed by atoms with Gasteiger partial charge in [-0.1, -0.05) is 13.8 Å². The van der Waals surface area contributed by atoms with E-state index < -0.39 is 10.0 Å². The van der Waals surface area contributed by atoms with E-state index in [1.165, 1.54) is 4.31 Å². The molecule has 2 aromatic rings. The number of aromatic nitrogens is 1. The Morgan fingerprint density at radius 2 is 2.00 bits per heavy atom. The molecule has 0 aliphatic heterocycles. The first-order valence-corrected chi connectivity index (χ1v) is 7.61. The van der Waals surface area contributed by atoms with Crippen molar-refractivity contribution in [1.29, 1.82) is 0 Å². The van der Waals surface area contributed by atoms with Gasteiger partial charge in [0.15, 0.2) is 0 Å². The Morgan fingerprint density at radius 1 is 1.22 bits per heavy atom. The summed E-state index contributed by atoms with van der Waals surface area (Å²) >= 11 is 0. The molecule has 0 saturated carbocycles. The summed E-state index contributed by atoms with van der Waals surface area (Å²) in [4.78, 5) is 3.42. The summed E-state index contributed by atoms with van der Waals surface area (Å²) in [5, 5.41) is 0.920. The molecule has 5 heteroatoms. The van der Waals surface area contributed by atoms with E-state index in [-0.39, 0.29) is 0 Å². The van der Waals surface area contributed by atoms with Gasteiger partial charge >= 0.3 is 0 Å². The van der Waals surface area contributed by atoms with Crippen LogP contribution in [0.1, 0.15) is 20.3 Å². The van der Waals surface area contributed by atoms with Gasteiger partial charge in [0.2, 0.25) is 10.0 Å². The number of fused-ring (bicyclic) bond motifs is 1. The fourth-order valence-corrected chi connectivity index (χ4v) is 3.62. The third kappa shape index (κ3) is 2.28. The second kappa shape index (κ2) is 5.12. The number of rotatable bonds is 5. The zero-order valence-corrected chi connectivity index (χ0v) is 11.5. The molecule has 1 aromatic heterocycles. The lowest BCUT2D eigenvalue weighted by atomic mass is 10.2. The molecule has 0 fully saturated rings. The summed E-state index contributed by atoms with van der Waals surface area (Å²) in [6.07, 6.45) is 2.63. The molecule has 1 N–H and O–H groups in total. The van der Waals surface area contributed by atoms with Crippen LogP contribution >= 0.6 is 0 Å². The number of H-pyrrole nitrogens is 1. The fourth-order valence-electron chi connectivity index (χ4n) is 2.04. The SMILES string of the molecule is CCCN(CC)S(=O)(=O)c1ccc2[nH]ccc2c1. The summed E-state index contributed by atoms with van der Waals surface area (Å²) in [5.74, 6) is 0. The molecule has 1 heterocycles. The Morgan fingerprint density at radius 3 is 2.67 bits per heavy atom.